The van der Waals surface area contributed by atoms with Gasteiger partial charge in [-0.05, 0) is 29.0 Å². The fraction of sp³-hybridized carbons (Fsp3) is 0. The van der Waals surface area contributed by atoms with Crippen molar-refractivity contribution in [2.45, 2.75) is 0 Å². The van der Waals surface area contributed by atoms with E-state index in [2.05, 4.69) is 12.1 Å². The summed E-state index contributed by atoms with van der Waals surface area (Å²) in [5.74, 6) is -2.78. The second-order valence-corrected chi connectivity index (χ2v) is 3.69. The lowest BCUT2D eigenvalue weighted by molar-refractivity contribution is 0.524. The molecule has 3 rings (SSSR count). The summed E-state index contributed by atoms with van der Waals surface area (Å²) >= 11 is 0. The molecule has 82 valence electrons. The van der Waals surface area contributed by atoms with Crippen LogP contribution in [0, 0.1) is 29.6 Å². The molecule has 3 heteroatoms. The lowest BCUT2D eigenvalue weighted by atomic mass is 10.0. The number of hydrogen-bond acceptors (Lipinski definition) is 0. The Morgan fingerprint density at radius 2 is 1.65 bits per heavy atom. The largest absolute Gasteiger partial charge is 0.206 e. The summed E-state index contributed by atoms with van der Waals surface area (Å²) in [7, 11) is 0. The average molecular weight is 230 g/mol. The first-order valence-electron chi connectivity index (χ1n) is 4.97. The maximum atomic E-state index is 13.7. The van der Waals surface area contributed by atoms with Crippen molar-refractivity contribution in [1.82, 2.24) is 0 Å². The quantitative estimate of drug-likeness (QED) is 0.512. The molecule has 0 spiro atoms. The molecule has 0 aromatic heterocycles. The van der Waals surface area contributed by atoms with Crippen LogP contribution < -0.4 is 0 Å². The Balaban J connectivity index is 2.65. The van der Waals surface area contributed by atoms with E-state index in [1.807, 2.05) is 0 Å². The lowest BCUT2D eigenvalue weighted by Gasteiger charge is -2.06. The molecule has 0 saturated carbocycles. The molecular formula is C14H5F3. The summed E-state index contributed by atoms with van der Waals surface area (Å²) < 4.78 is 40.4. The van der Waals surface area contributed by atoms with E-state index < -0.39 is 17.5 Å². The van der Waals surface area contributed by atoms with Gasteiger partial charge in [-0.3, -0.25) is 0 Å². The van der Waals surface area contributed by atoms with Gasteiger partial charge in [-0.15, -0.1) is 0 Å². The molecule has 0 bridgehead atoms. The van der Waals surface area contributed by atoms with Gasteiger partial charge < -0.3 is 0 Å². The van der Waals surface area contributed by atoms with Gasteiger partial charge in [0, 0.05) is 16.8 Å². The normalized spacial score (nSPS) is 11.2. The van der Waals surface area contributed by atoms with Crippen LogP contribution >= 0.6 is 0 Å². The van der Waals surface area contributed by atoms with Crippen molar-refractivity contribution >= 4 is 21.5 Å². The fourth-order valence-electron chi connectivity index (χ4n) is 1.94. The molecule has 0 fully saturated rings. The number of benzene rings is 3. The Morgan fingerprint density at radius 1 is 0.824 bits per heavy atom. The maximum absolute atomic E-state index is 13.7. The highest BCUT2D eigenvalue weighted by atomic mass is 19.2. The van der Waals surface area contributed by atoms with Crippen molar-refractivity contribution in [2.75, 3.05) is 0 Å². The first-order chi connectivity index (χ1) is 8.18. The van der Waals surface area contributed by atoms with E-state index >= 15 is 0 Å². The van der Waals surface area contributed by atoms with Crippen LogP contribution in [0.3, 0.4) is 0 Å². The minimum absolute atomic E-state index is 0.137. The van der Waals surface area contributed by atoms with E-state index in [-0.39, 0.29) is 10.8 Å². The summed E-state index contributed by atoms with van der Waals surface area (Å²) in [5, 5.41) is 0.932. The molecule has 0 aliphatic heterocycles. The second-order valence-electron chi connectivity index (χ2n) is 3.69. The number of hydrogen-bond donors (Lipinski definition) is 0. The predicted molar refractivity (Wildman–Crippen MR) is 59.0 cm³/mol. The molecule has 0 nitrogen and oxygen atoms in total. The third kappa shape index (κ3) is 1.39. The maximum Gasteiger partial charge on any atom is 0.168 e. The van der Waals surface area contributed by atoms with Gasteiger partial charge in [0.05, 0.1) is 0 Å². The fourth-order valence-corrected chi connectivity index (χ4v) is 1.94. The van der Waals surface area contributed by atoms with E-state index in [4.69, 9.17) is 0 Å². The van der Waals surface area contributed by atoms with Crippen LogP contribution in [-0.2, 0) is 0 Å². The van der Waals surface area contributed by atoms with Crippen LogP contribution in [0.25, 0.3) is 21.5 Å². The average Bonchev–Trinajstić information content (AvgIpc) is 2.36. The minimum Gasteiger partial charge on any atom is -0.206 e. The molecular weight excluding hydrogens is 225 g/mol. The standard InChI is InChI=1S/C14H5F3/c15-8-5-6-10-9-3-1-2-4-11(9)13(16)14(17)12(10)7-8/h1,3-6H. The van der Waals surface area contributed by atoms with Crippen LogP contribution in [0.2, 0.25) is 0 Å². The lowest BCUT2D eigenvalue weighted by Crippen LogP contribution is -1.91. The molecule has 2 radical (unpaired) electrons. The predicted octanol–water partition coefficient (Wildman–Crippen LogP) is 4.01. The second kappa shape index (κ2) is 3.48. The van der Waals surface area contributed by atoms with E-state index in [9.17, 15) is 13.2 Å². The summed E-state index contributed by atoms with van der Waals surface area (Å²) in [5.41, 5.74) is 0. The molecule has 0 unspecified atom stereocenters. The Labute approximate surface area is 95.3 Å². The summed E-state index contributed by atoms with van der Waals surface area (Å²) in [6, 6.07) is 12.1. The highest BCUT2D eigenvalue weighted by Crippen LogP contribution is 2.30. The summed E-state index contributed by atoms with van der Waals surface area (Å²) in [4.78, 5) is 0. The zero-order valence-corrected chi connectivity index (χ0v) is 8.52. The molecule has 0 saturated heterocycles. The van der Waals surface area contributed by atoms with Crippen LogP contribution in [0.4, 0.5) is 13.2 Å². The molecule has 0 amide bonds. The number of rotatable bonds is 0. The first-order valence-corrected chi connectivity index (χ1v) is 4.97. The molecule has 0 heterocycles. The van der Waals surface area contributed by atoms with Crippen molar-refractivity contribution < 1.29 is 13.2 Å². The van der Waals surface area contributed by atoms with Gasteiger partial charge in [0.25, 0.3) is 0 Å². The molecule has 17 heavy (non-hydrogen) atoms. The van der Waals surface area contributed by atoms with Crippen LogP contribution in [0.1, 0.15) is 0 Å². The zero-order chi connectivity index (χ0) is 12.0. The number of fused-ring (bicyclic) bond motifs is 3. The molecule has 0 N–H and O–H groups in total. The van der Waals surface area contributed by atoms with Gasteiger partial charge in [-0.1, -0.05) is 18.2 Å². The Morgan fingerprint density at radius 3 is 2.47 bits per heavy atom. The van der Waals surface area contributed by atoms with Crippen molar-refractivity contribution in [1.29, 1.82) is 0 Å². The number of halogens is 3. The summed E-state index contributed by atoms with van der Waals surface area (Å²) in [6.07, 6.45) is 0. The van der Waals surface area contributed by atoms with E-state index in [0.717, 1.165) is 0 Å². The van der Waals surface area contributed by atoms with Gasteiger partial charge >= 0.3 is 0 Å². The molecule has 0 atom stereocenters. The van der Waals surface area contributed by atoms with Crippen LogP contribution in [-0.4, -0.2) is 0 Å². The Bertz CT molecular complexity index is 732. The highest BCUT2D eigenvalue weighted by Gasteiger charge is 2.14. The van der Waals surface area contributed by atoms with Crippen LogP contribution in [0.5, 0.6) is 0 Å². The van der Waals surface area contributed by atoms with E-state index in [0.29, 0.717) is 10.8 Å². The SMILES string of the molecule is Fc1[c]c2c(F)c(F)c3c[c]ccc3c2cc1. The Kier molecular flexibility index (Phi) is 2.08. The van der Waals surface area contributed by atoms with Gasteiger partial charge in [-0.25, -0.2) is 13.2 Å². The Hall–Kier alpha value is -2.03. The van der Waals surface area contributed by atoms with E-state index in [1.54, 1.807) is 12.1 Å². The first kappa shape index (κ1) is 10.1. The molecule has 3 aromatic carbocycles. The molecule has 3 aromatic rings. The molecule has 0 aliphatic rings. The molecule has 0 aliphatic carbocycles. The van der Waals surface area contributed by atoms with Gasteiger partial charge in [0.1, 0.15) is 5.82 Å². The van der Waals surface area contributed by atoms with Gasteiger partial charge in [0.15, 0.2) is 11.6 Å². The van der Waals surface area contributed by atoms with Crippen molar-refractivity contribution in [3.63, 3.8) is 0 Å². The van der Waals surface area contributed by atoms with Gasteiger partial charge in [-0.2, -0.15) is 0 Å². The topological polar surface area (TPSA) is 0 Å². The van der Waals surface area contributed by atoms with Crippen molar-refractivity contribution in [3.05, 3.63) is 59.9 Å². The van der Waals surface area contributed by atoms with Crippen LogP contribution in [0.15, 0.2) is 30.3 Å². The third-order valence-corrected chi connectivity index (χ3v) is 2.71. The smallest absolute Gasteiger partial charge is 0.168 e. The monoisotopic (exact) mass is 230 g/mol. The highest BCUT2D eigenvalue weighted by molar-refractivity contribution is 6.07. The van der Waals surface area contributed by atoms with Crippen molar-refractivity contribution in [3.8, 4) is 0 Å². The summed E-state index contributed by atoms with van der Waals surface area (Å²) in [6.45, 7) is 0. The minimum atomic E-state index is -1.08. The third-order valence-electron chi connectivity index (χ3n) is 2.71. The van der Waals surface area contributed by atoms with E-state index in [1.165, 1.54) is 18.2 Å². The zero-order valence-electron chi connectivity index (χ0n) is 8.52. The van der Waals surface area contributed by atoms with Crippen molar-refractivity contribution in [2.24, 2.45) is 0 Å². The van der Waals surface area contributed by atoms with Gasteiger partial charge in [0.2, 0.25) is 0 Å².